The van der Waals surface area contributed by atoms with Crippen molar-refractivity contribution >= 4 is 63.1 Å². The van der Waals surface area contributed by atoms with Gasteiger partial charge in [-0.1, -0.05) is 319 Å². The lowest BCUT2D eigenvalue weighted by molar-refractivity contribution is 0.302. The van der Waals surface area contributed by atoms with Crippen LogP contribution >= 0.6 is 63.1 Å². The largest absolute Gasteiger partial charge is 0.269 e. The van der Waals surface area contributed by atoms with Gasteiger partial charge in [0, 0.05) is 24.5 Å². The van der Waals surface area contributed by atoms with Gasteiger partial charge in [0.15, 0.2) is 0 Å². The standard InChI is InChI=1S/5C18H27S.5FH/c5*1-2-3-4-5-6-15-7-9-16(10-8-15)17-11-13-18(19)14-12-17;;;;;/h5*11-16H,2-10H2,1H3;5*1H/t5*15-,16-;;;;;. The molecule has 0 spiro atoms. The maximum absolute atomic E-state index is 5.16. The third kappa shape index (κ3) is 38.7. The van der Waals surface area contributed by atoms with E-state index in [1.807, 2.05) is 0 Å². The van der Waals surface area contributed by atoms with Crippen LogP contribution in [0.4, 0.5) is 23.5 Å². The molecule has 0 saturated heterocycles. The number of unbranched alkanes of at least 4 members (excludes halogenated alkanes) is 15. The van der Waals surface area contributed by atoms with E-state index >= 15 is 0 Å². The summed E-state index contributed by atoms with van der Waals surface area (Å²) in [6.07, 6.45) is 63.9. The lowest BCUT2D eigenvalue weighted by atomic mass is 9.77. The first-order valence-corrected chi connectivity index (χ1v) is 42.4. The topological polar surface area (TPSA) is 0 Å². The predicted octanol–water partition coefficient (Wildman–Crippen LogP) is 33.2. The van der Waals surface area contributed by atoms with Crippen molar-refractivity contribution in [2.75, 3.05) is 0 Å². The van der Waals surface area contributed by atoms with E-state index in [1.54, 1.807) is 0 Å². The Labute approximate surface area is 638 Å². The molecule has 10 rings (SSSR count). The van der Waals surface area contributed by atoms with Crippen LogP contribution in [0.2, 0.25) is 0 Å². The first-order valence-electron chi connectivity index (χ1n) is 40.3. The highest BCUT2D eigenvalue weighted by molar-refractivity contribution is 7.81. The van der Waals surface area contributed by atoms with E-state index in [9.17, 15) is 0 Å². The van der Waals surface area contributed by atoms with E-state index in [2.05, 4.69) is 156 Å². The molecular weight excluding hydrogens is 1340 g/mol. The van der Waals surface area contributed by atoms with Gasteiger partial charge in [-0.25, -0.2) is 0 Å². The number of benzene rings is 5. The molecule has 5 aliphatic rings. The van der Waals surface area contributed by atoms with Gasteiger partial charge in [0.25, 0.3) is 0 Å². The Bertz CT molecular complexity index is 2190. The second-order valence-electron chi connectivity index (χ2n) is 30.7. The average Bonchev–Trinajstić information content (AvgIpc) is 0.924. The Kier molecular flexibility index (Phi) is 55.1. The lowest BCUT2D eigenvalue weighted by Crippen LogP contribution is -2.13. The molecule has 0 nitrogen and oxygen atoms in total. The summed E-state index contributed by atoms with van der Waals surface area (Å²) < 4.78 is 0. The van der Waals surface area contributed by atoms with Crippen LogP contribution in [0.15, 0.2) is 146 Å². The maximum Gasteiger partial charge on any atom is 0.0377 e. The summed E-state index contributed by atoms with van der Waals surface area (Å²) in [5, 5.41) is 0. The first kappa shape index (κ1) is 94.9. The number of halogens is 5. The summed E-state index contributed by atoms with van der Waals surface area (Å²) in [5.41, 5.74) is 7.56. The van der Waals surface area contributed by atoms with Gasteiger partial charge in [0.1, 0.15) is 0 Å². The predicted molar refractivity (Wildman–Crippen MR) is 441 cm³/mol. The van der Waals surface area contributed by atoms with Crippen LogP contribution in [0, 0.1) is 29.6 Å². The zero-order chi connectivity index (χ0) is 67.5. The molecule has 5 fully saturated rings. The molecule has 0 N–H and O–H groups in total. The first-order chi connectivity index (χ1) is 46.5. The Morgan fingerprint density at radius 1 is 0.190 bits per heavy atom. The fourth-order valence-electron chi connectivity index (χ4n) is 16.9. The zero-order valence-corrected chi connectivity index (χ0v) is 67.3. The molecule has 0 aliphatic heterocycles. The highest BCUT2D eigenvalue weighted by atomic mass is 32.1. The van der Waals surface area contributed by atoms with Crippen LogP contribution in [0.25, 0.3) is 0 Å². The van der Waals surface area contributed by atoms with E-state index in [4.69, 9.17) is 63.1 Å². The summed E-state index contributed by atoms with van der Waals surface area (Å²) >= 11 is 25.8. The third-order valence-corrected chi connectivity index (χ3v) is 24.7. The Balaban J connectivity index is 0.000000617. The van der Waals surface area contributed by atoms with Crippen LogP contribution in [0.3, 0.4) is 0 Å². The Morgan fingerprint density at radius 3 is 0.440 bits per heavy atom. The van der Waals surface area contributed by atoms with Gasteiger partial charge >= 0.3 is 0 Å². The van der Waals surface area contributed by atoms with Gasteiger partial charge in [0.05, 0.1) is 0 Å². The molecule has 0 amide bonds. The summed E-state index contributed by atoms with van der Waals surface area (Å²) in [5.74, 6) is 9.00. The van der Waals surface area contributed by atoms with Crippen LogP contribution in [0.5, 0.6) is 0 Å². The molecule has 0 atom stereocenters. The average molecular weight is 1480 g/mol. The van der Waals surface area contributed by atoms with E-state index in [-0.39, 0.29) is 23.5 Å². The van der Waals surface area contributed by atoms with E-state index in [0.717, 1.165) is 83.7 Å². The Morgan fingerprint density at radius 2 is 0.320 bits per heavy atom. The van der Waals surface area contributed by atoms with E-state index < -0.39 is 0 Å². The van der Waals surface area contributed by atoms with Crippen LogP contribution in [-0.2, 0) is 0 Å². The summed E-state index contributed by atoms with van der Waals surface area (Å²) in [6.45, 7) is 11.5. The summed E-state index contributed by atoms with van der Waals surface area (Å²) in [6, 6.07) is 43.3. The van der Waals surface area contributed by atoms with Crippen LogP contribution < -0.4 is 0 Å². The molecule has 5 radical (unpaired) electrons. The molecule has 0 aromatic heterocycles. The van der Waals surface area contributed by atoms with Gasteiger partial charge in [-0.05, 0) is 276 Å². The molecule has 0 bridgehead atoms. The fourth-order valence-corrected chi connectivity index (χ4v) is 17.6. The minimum atomic E-state index is 0. The fraction of sp³-hybridized carbons (Fsp3) is 0.667. The van der Waals surface area contributed by atoms with E-state index in [1.165, 1.54) is 317 Å². The van der Waals surface area contributed by atoms with Crippen molar-refractivity contribution in [3.63, 3.8) is 0 Å². The third-order valence-electron chi connectivity index (χ3n) is 23.3. The van der Waals surface area contributed by atoms with Gasteiger partial charge in [0.2, 0.25) is 0 Å². The van der Waals surface area contributed by atoms with Gasteiger partial charge in [-0.3, -0.25) is 23.5 Å². The van der Waals surface area contributed by atoms with Crippen molar-refractivity contribution < 1.29 is 23.5 Å². The van der Waals surface area contributed by atoms with Gasteiger partial charge in [-0.15, -0.1) is 0 Å². The van der Waals surface area contributed by atoms with E-state index in [0.29, 0.717) is 0 Å². The minimum Gasteiger partial charge on any atom is -0.269 e. The summed E-state index contributed by atoms with van der Waals surface area (Å²) in [7, 11) is 0. The molecule has 5 aliphatic carbocycles. The lowest BCUT2D eigenvalue weighted by Gasteiger charge is -2.29. The second kappa shape index (κ2) is 58.1. The highest BCUT2D eigenvalue weighted by Gasteiger charge is 2.27. The number of hydrogen-bond donors (Lipinski definition) is 0. The normalized spacial score (nSPS) is 22.2. The SMILES string of the molecule is CCCCCC[C@H]1CC[C@H](c2ccc([S])cc2)CC1.CCCCCC[C@H]1CC[C@H](c2ccc([S])cc2)CC1.CCCCCC[C@H]1CC[C@H](c2ccc([S])cc2)CC1.CCCCCC[C@H]1CC[C@H](c2ccc([S])cc2)CC1.CCCCCC[C@H]1CC[C@H](c2ccc([S])cc2)CC1.F.F.F.F.F. The van der Waals surface area contributed by atoms with Gasteiger partial charge in [-0.2, -0.15) is 0 Å². The number of hydrogen-bond acceptors (Lipinski definition) is 0. The molecule has 565 valence electrons. The Hall–Kier alpha value is -3.15. The molecule has 0 unspecified atom stereocenters. The molecule has 5 aromatic rings. The molecule has 5 saturated carbocycles. The van der Waals surface area contributed by atoms with Crippen molar-refractivity contribution in [2.45, 2.75) is 378 Å². The molecule has 100 heavy (non-hydrogen) atoms. The highest BCUT2D eigenvalue weighted by Crippen LogP contribution is 2.43. The molecular formula is C90H140F5S5. The molecule has 5 aromatic carbocycles. The number of rotatable bonds is 30. The monoisotopic (exact) mass is 1480 g/mol. The van der Waals surface area contributed by atoms with Gasteiger partial charge < -0.3 is 0 Å². The quantitative estimate of drug-likeness (QED) is 0.0318. The van der Waals surface area contributed by atoms with Crippen LogP contribution in [0.1, 0.15) is 381 Å². The van der Waals surface area contributed by atoms with Crippen molar-refractivity contribution in [3.05, 3.63) is 149 Å². The van der Waals surface area contributed by atoms with Crippen molar-refractivity contribution in [3.8, 4) is 0 Å². The maximum atomic E-state index is 5.16. The van der Waals surface area contributed by atoms with Crippen molar-refractivity contribution in [2.24, 2.45) is 29.6 Å². The molecule has 10 heteroatoms. The van der Waals surface area contributed by atoms with Crippen molar-refractivity contribution in [1.29, 1.82) is 0 Å². The summed E-state index contributed by atoms with van der Waals surface area (Å²) in [4.78, 5) is 4.83. The van der Waals surface area contributed by atoms with Crippen LogP contribution in [-0.4, -0.2) is 0 Å². The smallest absolute Gasteiger partial charge is 0.0377 e. The zero-order valence-electron chi connectivity index (χ0n) is 63.2. The molecule has 0 heterocycles. The van der Waals surface area contributed by atoms with Crippen molar-refractivity contribution in [1.82, 2.24) is 0 Å². The minimum absolute atomic E-state index is 0. The second-order valence-corrected chi connectivity index (χ2v) is 33.0.